The largest absolute Gasteiger partial charge is 0.382 e. The van der Waals surface area contributed by atoms with Crippen molar-refractivity contribution in [2.45, 2.75) is 25.1 Å². The second kappa shape index (κ2) is 11.6. The van der Waals surface area contributed by atoms with Gasteiger partial charge < -0.3 is 14.2 Å². The average Bonchev–Trinajstić information content (AvgIpc) is 2.89. The first-order chi connectivity index (χ1) is 9.36. The number of aryl methyl sites for hydroxylation is 1. The number of thiazole rings is 1. The zero-order chi connectivity index (χ0) is 13.8. The maximum absolute atomic E-state index is 5.70. The van der Waals surface area contributed by atoms with Crippen molar-refractivity contribution in [3.63, 3.8) is 0 Å². The minimum Gasteiger partial charge on any atom is -0.382 e. The Balaban J connectivity index is 1.86. The summed E-state index contributed by atoms with van der Waals surface area (Å²) in [6.45, 7) is 3.56. The molecule has 0 aliphatic heterocycles. The van der Waals surface area contributed by atoms with Crippen LogP contribution in [0.2, 0.25) is 0 Å². The molecule has 1 rings (SSSR count). The molecule has 0 unspecified atom stereocenters. The molecule has 0 aliphatic rings. The van der Waals surface area contributed by atoms with E-state index in [2.05, 4.69) is 4.98 Å². The molecule has 0 aromatic carbocycles. The molecule has 4 nitrogen and oxygen atoms in total. The van der Waals surface area contributed by atoms with Crippen LogP contribution in [0.5, 0.6) is 0 Å². The summed E-state index contributed by atoms with van der Waals surface area (Å²) in [5.74, 6) is 0.496. The summed E-state index contributed by atoms with van der Waals surface area (Å²) in [4.78, 5) is 4.40. The van der Waals surface area contributed by atoms with Crippen LogP contribution in [-0.2, 0) is 26.5 Å². The Morgan fingerprint density at radius 3 is 2.53 bits per heavy atom. The Morgan fingerprint density at radius 1 is 1.11 bits per heavy atom. The van der Waals surface area contributed by atoms with Gasteiger partial charge in [0.2, 0.25) is 0 Å². The summed E-state index contributed by atoms with van der Waals surface area (Å²) in [5.41, 5.74) is 0.968. The molecule has 0 radical (unpaired) electrons. The third kappa shape index (κ3) is 8.55. The van der Waals surface area contributed by atoms with Crippen LogP contribution in [0.15, 0.2) is 5.38 Å². The summed E-state index contributed by atoms with van der Waals surface area (Å²) in [7, 11) is 1.67. The van der Waals surface area contributed by atoms with Gasteiger partial charge in [0.25, 0.3) is 0 Å². The number of ether oxygens (including phenoxy) is 3. The summed E-state index contributed by atoms with van der Waals surface area (Å²) in [5, 5.41) is 3.16. The van der Waals surface area contributed by atoms with Crippen LogP contribution >= 0.6 is 22.9 Å². The molecule has 0 bridgehead atoms. The van der Waals surface area contributed by atoms with Crippen LogP contribution in [0.3, 0.4) is 0 Å². The summed E-state index contributed by atoms with van der Waals surface area (Å²) in [6, 6.07) is 0. The van der Waals surface area contributed by atoms with Crippen molar-refractivity contribution in [3.05, 3.63) is 16.1 Å². The third-order valence-electron chi connectivity index (χ3n) is 2.42. The third-order valence-corrected chi connectivity index (χ3v) is 3.66. The Morgan fingerprint density at radius 2 is 1.84 bits per heavy atom. The molecule has 0 saturated carbocycles. The monoisotopic (exact) mass is 307 g/mol. The zero-order valence-electron chi connectivity index (χ0n) is 11.4. The van der Waals surface area contributed by atoms with Crippen LogP contribution in [0, 0.1) is 0 Å². The Labute approximate surface area is 124 Å². The van der Waals surface area contributed by atoms with Gasteiger partial charge in [0, 0.05) is 38.7 Å². The van der Waals surface area contributed by atoms with Gasteiger partial charge >= 0.3 is 0 Å². The maximum atomic E-state index is 5.70. The maximum Gasteiger partial charge on any atom is 0.0929 e. The molecule has 1 aromatic heterocycles. The predicted octanol–water partition coefficient (Wildman–Crippen LogP) is 2.88. The molecule has 0 N–H and O–H groups in total. The van der Waals surface area contributed by atoms with Crippen molar-refractivity contribution >= 4 is 22.9 Å². The van der Waals surface area contributed by atoms with Crippen molar-refractivity contribution < 1.29 is 14.2 Å². The van der Waals surface area contributed by atoms with Crippen molar-refractivity contribution in [3.8, 4) is 0 Å². The Hall–Kier alpha value is -0.200. The fourth-order valence-corrected chi connectivity index (χ4v) is 2.53. The van der Waals surface area contributed by atoms with Gasteiger partial charge in [-0.1, -0.05) is 0 Å². The number of halogens is 1. The number of aromatic nitrogens is 1. The number of alkyl halides is 1. The van der Waals surface area contributed by atoms with Gasteiger partial charge in [-0.15, -0.1) is 22.9 Å². The lowest BCUT2D eigenvalue weighted by Gasteiger charge is -2.04. The number of nitrogens with zero attached hydrogens (tertiary/aromatic N) is 1. The fourth-order valence-electron chi connectivity index (χ4n) is 1.46. The second-order valence-corrected chi connectivity index (χ2v) is 5.25. The lowest BCUT2D eigenvalue weighted by molar-refractivity contribution is 0.0511. The van der Waals surface area contributed by atoms with Gasteiger partial charge in [0.15, 0.2) is 0 Å². The molecule has 0 fully saturated rings. The van der Waals surface area contributed by atoms with Crippen molar-refractivity contribution in [1.29, 1.82) is 0 Å². The van der Waals surface area contributed by atoms with Crippen LogP contribution in [0.25, 0.3) is 0 Å². The lowest BCUT2D eigenvalue weighted by atomic mass is 10.3. The van der Waals surface area contributed by atoms with Crippen molar-refractivity contribution in [2.75, 3.05) is 40.1 Å². The van der Waals surface area contributed by atoms with Crippen LogP contribution in [0.4, 0.5) is 0 Å². The van der Waals surface area contributed by atoms with E-state index >= 15 is 0 Å². The van der Waals surface area contributed by atoms with Gasteiger partial charge in [0.1, 0.15) is 0 Å². The molecule has 0 aliphatic carbocycles. The molecule has 0 amide bonds. The van der Waals surface area contributed by atoms with E-state index in [1.807, 2.05) is 5.38 Å². The van der Waals surface area contributed by atoms with Crippen LogP contribution in [-0.4, -0.2) is 45.1 Å². The molecule has 6 heteroatoms. The minimum atomic E-state index is 0.496. The predicted molar refractivity (Wildman–Crippen MR) is 78.1 cm³/mol. The number of hydrogen-bond donors (Lipinski definition) is 0. The number of hydrogen-bond acceptors (Lipinski definition) is 5. The van der Waals surface area contributed by atoms with Gasteiger partial charge in [-0.25, -0.2) is 4.98 Å². The molecule has 1 heterocycles. The standard InChI is InChI=1S/C13H22ClNO3S/c1-16-8-9-18-7-3-6-17-5-2-4-13-15-12(10-14)11-19-13/h11H,2-10H2,1H3. The smallest absolute Gasteiger partial charge is 0.0929 e. The van der Waals surface area contributed by atoms with Gasteiger partial charge in [0.05, 0.1) is 29.8 Å². The van der Waals surface area contributed by atoms with Gasteiger partial charge in [-0.05, 0) is 12.8 Å². The first-order valence-electron chi connectivity index (χ1n) is 6.50. The lowest BCUT2D eigenvalue weighted by Crippen LogP contribution is -2.06. The molecule has 0 saturated heterocycles. The molecular weight excluding hydrogens is 286 g/mol. The highest BCUT2D eigenvalue weighted by molar-refractivity contribution is 7.09. The SMILES string of the molecule is COCCOCCCOCCCc1nc(CCl)cs1. The van der Waals surface area contributed by atoms with E-state index in [4.69, 9.17) is 25.8 Å². The van der Waals surface area contributed by atoms with Crippen molar-refractivity contribution in [1.82, 2.24) is 4.98 Å². The zero-order valence-corrected chi connectivity index (χ0v) is 13.0. The van der Waals surface area contributed by atoms with E-state index in [0.29, 0.717) is 19.1 Å². The molecule has 19 heavy (non-hydrogen) atoms. The quantitative estimate of drug-likeness (QED) is 0.440. The van der Waals surface area contributed by atoms with Crippen molar-refractivity contribution in [2.24, 2.45) is 0 Å². The average molecular weight is 308 g/mol. The van der Waals surface area contributed by atoms with Gasteiger partial charge in [-0.3, -0.25) is 0 Å². The second-order valence-electron chi connectivity index (χ2n) is 4.04. The summed E-state index contributed by atoms with van der Waals surface area (Å²) < 4.78 is 15.8. The number of methoxy groups -OCH3 is 1. The normalized spacial score (nSPS) is 11.1. The number of rotatable bonds is 12. The Kier molecular flexibility index (Phi) is 10.3. The fraction of sp³-hybridized carbons (Fsp3) is 0.769. The van der Waals surface area contributed by atoms with E-state index < -0.39 is 0 Å². The highest BCUT2D eigenvalue weighted by Gasteiger charge is 2.00. The highest BCUT2D eigenvalue weighted by Crippen LogP contribution is 2.13. The van der Waals surface area contributed by atoms with Crippen LogP contribution < -0.4 is 0 Å². The van der Waals surface area contributed by atoms with E-state index in [1.54, 1.807) is 18.4 Å². The first-order valence-corrected chi connectivity index (χ1v) is 7.92. The highest BCUT2D eigenvalue weighted by atomic mass is 35.5. The molecule has 0 atom stereocenters. The molecule has 110 valence electrons. The van der Waals surface area contributed by atoms with E-state index in [-0.39, 0.29) is 0 Å². The Bertz CT molecular complexity index is 323. The summed E-state index contributed by atoms with van der Waals surface area (Å²) in [6.07, 6.45) is 2.89. The van der Waals surface area contributed by atoms with Crippen LogP contribution in [0.1, 0.15) is 23.5 Å². The van der Waals surface area contributed by atoms with E-state index in [1.165, 1.54) is 0 Å². The minimum absolute atomic E-state index is 0.496. The van der Waals surface area contributed by atoms with E-state index in [9.17, 15) is 0 Å². The molecule has 1 aromatic rings. The first kappa shape index (κ1) is 16.9. The van der Waals surface area contributed by atoms with Gasteiger partial charge in [-0.2, -0.15) is 0 Å². The topological polar surface area (TPSA) is 40.6 Å². The summed E-state index contributed by atoms with van der Waals surface area (Å²) >= 11 is 7.37. The molecule has 0 spiro atoms. The molecular formula is C13H22ClNO3S. The van der Waals surface area contributed by atoms with E-state index in [0.717, 1.165) is 49.8 Å².